The molecule has 2 saturated heterocycles. The summed E-state index contributed by atoms with van der Waals surface area (Å²) in [6.45, 7) is 10.3. The zero-order valence-electron chi connectivity index (χ0n) is 13.1. The lowest BCUT2D eigenvalue weighted by atomic mass is 10.1. The van der Waals surface area contributed by atoms with E-state index in [1.165, 1.54) is 0 Å². The Bertz CT molecular complexity index is 378. The van der Waals surface area contributed by atoms with Gasteiger partial charge in [-0.25, -0.2) is 4.79 Å². The standard InChI is InChI=1S/C15H27N3O3/c1-12(2)10-16-5-7-17(8-6-16)15(21)18-4-3-13(11-18)9-14(19)20/h12-13H,3-11H2,1-2H3,(H,19,20). The summed E-state index contributed by atoms with van der Waals surface area (Å²) in [5.41, 5.74) is 0. The fourth-order valence-electron chi connectivity index (χ4n) is 3.26. The molecule has 0 aliphatic carbocycles. The summed E-state index contributed by atoms with van der Waals surface area (Å²) < 4.78 is 0. The van der Waals surface area contributed by atoms with Gasteiger partial charge in [0.2, 0.25) is 0 Å². The van der Waals surface area contributed by atoms with Gasteiger partial charge in [-0.2, -0.15) is 0 Å². The van der Waals surface area contributed by atoms with Crippen molar-refractivity contribution >= 4 is 12.0 Å². The highest BCUT2D eigenvalue weighted by Gasteiger charge is 2.31. The maximum atomic E-state index is 12.4. The number of carboxylic acids is 1. The predicted molar refractivity (Wildman–Crippen MR) is 80.2 cm³/mol. The Morgan fingerprint density at radius 2 is 1.76 bits per heavy atom. The van der Waals surface area contributed by atoms with E-state index < -0.39 is 5.97 Å². The first-order chi connectivity index (χ1) is 9.95. The number of nitrogens with zero attached hydrogens (tertiary/aromatic N) is 3. The Balaban J connectivity index is 1.76. The Hall–Kier alpha value is -1.30. The fraction of sp³-hybridized carbons (Fsp3) is 0.867. The van der Waals surface area contributed by atoms with Gasteiger partial charge in [-0.05, 0) is 18.3 Å². The highest BCUT2D eigenvalue weighted by Crippen LogP contribution is 2.21. The molecule has 2 aliphatic rings. The zero-order chi connectivity index (χ0) is 15.4. The van der Waals surface area contributed by atoms with Crippen LogP contribution < -0.4 is 0 Å². The average Bonchev–Trinajstić information content (AvgIpc) is 2.85. The summed E-state index contributed by atoms with van der Waals surface area (Å²) >= 11 is 0. The summed E-state index contributed by atoms with van der Waals surface area (Å²) in [4.78, 5) is 29.3. The van der Waals surface area contributed by atoms with Crippen LogP contribution in [-0.2, 0) is 4.79 Å². The summed E-state index contributed by atoms with van der Waals surface area (Å²) in [6.07, 6.45) is 0.983. The smallest absolute Gasteiger partial charge is 0.320 e. The first kappa shape index (κ1) is 16.1. The van der Waals surface area contributed by atoms with Crippen LogP contribution in [0.5, 0.6) is 0 Å². The molecule has 21 heavy (non-hydrogen) atoms. The number of hydrogen-bond donors (Lipinski definition) is 1. The highest BCUT2D eigenvalue weighted by molar-refractivity contribution is 5.75. The summed E-state index contributed by atoms with van der Waals surface area (Å²) in [7, 11) is 0. The van der Waals surface area contributed by atoms with Crippen molar-refractivity contribution in [1.82, 2.24) is 14.7 Å². The lowest BCUT2D eigenvalue weighted by Gasteiger charge is -2.37. The van der Waals surface area contributed by atoms with Crippen molar-refractivity contribution < 1.29 is 14.7 Å². The van der Waals surface area contributed by atoms with Crippen LogP contribution in [0.4, 0.5) is 4.79 Å². The maximum Gasteiger partial charge on any atom is 0.320 e. The van der Waals surface area contributed by atoms with Gasteiger partial charge in [0.05, 0.1) is 0 Å². The third-order valence-electron chi connectivity index (χ3n) is 4.29. The molecular weight excluding hydrogens is 270 g/mol. The monoisotopic (exact) mass is 297 g/mol. The number of carbonyl (C=O) groups is 2. The predicted octanol–water partition coefficient (Wildman–Crippen LogP) is 1.18. The van der Waals surface area contributed by atoms with E-state index in [1.807, 2.05) is 9.80 Å². The van der Waals surface area contributed by atoms with E-state index in [-0.39, 0.29) is 18.4 Å². The minimum Gasteiger partial charge on any atom is -0.481 e. The van der Waals surface area contributed by atoms with Gasteiger partial charge in [-0.3, -0.25) is 9.69 Å². The number of aliphatic carboxylic acids is 1. The van der Waals surface area contributed by atoms with Gasteiger partial charge in [0.25, 0.3) is 0 Å². The summed E-state index contributed by atoms with van der Waals surface area (Å²) in [5.74, 6) is 0.00730. The summed E-state index contributed by atoms with van der Waals surface area (Å²) in [6, 6.07) is 0.0899. The zero-order valence-corrected chi connectivity index (χ0v) is 13.1. The molecule has 1 atom stereocenters. The summed E-state index contributed by atoms with van der Waals surface area (Å²) in [5, 5.41) is 8.83. The number of rotatable bonds is 4. The van der Waals surface area contributed by atoms with E-state index in [1.54, 1.807) is 0 Å². The second-order valence-corrected chi connectivity index (χ2v) is 6.66. The van der Waals surface area contributed by atoms with Gasteiger partial charge in [0.1, 0.15) is 0 Å². The molecule has 0 aromatic rings. The first-order valence-corrected chi connectivity index (χ1v) is 7.93. The molecule has 1 unspecified atom stereocenters. The lowest BCUT2D eigenvalue weighted by Crippen LogP contribution is -2.52. The molecule has 120 valence electrons. The number of urea groups is 1. The molecule has 0 radical (unpaired) electrons. The molecule has 1 N–H and O–H groups in total. The third kappa shape index (κ3) is 4.59. The van der Waals surface area contributed by atoms with Crippen LogP contribution >= 0.6 is 0 Å². The largest absolute Gasteiger partial charge is 0.481 e. The van der Waals surface area contributed by atoms with E-state index in [9.17, 15) is 9.59 Å². The fourth-order valence-corrected chi connectivity index (χ4v) is 3.26. The Kier molecular flexibility index (Phi) is 5.45. The first-order valence-electron chi connectivity index (χ1n) is 7.93. The molecule has 2 aliphatic heterocycles. The van der Waals surface area contributed by atoms with Crippen LogP contribution in [0.2, 0.25) is 0 Å². The van der Waals surface area contributed by atoms with E-state index in [0.717, 1.165) is 39.1 Å². The van der Waals surface area contributed by atoms with Gasteiger partial charge in [-0.15, -0.1) is 0 Å². The molecule has 0 aromatic heterocycles. The van der Waals surface area contributed by atoms with Crippen molar-refractivity contribution in [2.45, 2.75) is 26.7 Å². The molecule has 0 bridgehead atoms. The van der Waals surface area contributed by atoms with Crippen molar-refractivity contribution in [1.29, 1.82) is 0 Å². The average molecular weight is 297 g/mol. The van der Waals surface area contributed by atoms with Crippen LogP contribution in [-0.4, -0.2) is 77.6 Å². The van der Waals surface area contributed by atoms with E-state index in [2.05, 4.69) is 18.7 Å². The molecule has 2 heterocycles. The number of carbonyl (C=O) groups excluding carboxylic acids is 1. The van der Waals surface area contributed by atoms with Gasteiger partial charge < -0.3 is 14.9 Å². The highest BCUT2D eigenvalue weighted by atomic mass is 16.4. The lowest BCUT2D eigenvalue weighted by molar-refractivity contribution is -0.138. The van der Waals surface area contributed by atoms with E-state index in [4.69, 9.17) is 5.11 Å². The SMILES string of the molecule is CC(C)CN1CCN(C(=O)N2CCC(CC(=O)O)C2)CC1. The Labute approximate surface area is 126 Å². The number of carboxylic acid groups (broad SMARTS) is 1. The maximum absolute atomic E-state index is 12.4. The molecule has 2 fully saturated rings. The minimum atomic E-state index is -0.767. The molecule has 0 aromatic carbocycles. The van der Waals surface area contributed by atoms with Gasteiger partial charge in [0, 0.05) is 52.2 Å². The molecule has 2 amide bonds. The van der Waals surface area contributed by atoms with Crippen molar-refractivity contribution in [2.75, 3.05) is 45.8 Å². The number of piperazine rings is 1. The molecule has 2 rings (SSSR count). The third-order valence-corrected chi connectivity index (χ3v) is 4.29. The minimum absolute atomic E-state index is 0.0899. The molecule has 0 spiro atoms. The van der Waals surface area contributed by atoms with Crippen molar-refractivity contribution in [2.24, 2.45) is 11.8 Å². The van der Waals surface area contributed by atoms with Crippen LogP contribution in [0.1, 0.15) is 26.7 Å². The van der Waals surface area contributed by atoms with Crippen LogP contribution in [0.25, 0.3) is 0 Å². The van der Waals surface area contributed by atoms with Crippen molar-refractivity contribution in [3.63, 3.8) is 0 Å². The molecule has 6 nitrogen and oxygen atoms in total. The topological polar surface area (TPSA) is 64.1 Å². The molecule has 6 heteroatoms. The van der Waals surface area contributed by atoms with Crippen LogP contribution in [0.15, 0.2) is 0 Å². The Morgan fingerprint density at radius 1 is 1.10 bits per heavy atom. The van der Waals surface area contributed by atoms with Crippen molar-refractivity contribution in [3.05, 3.63) is 0 Å². The van der Waals surface area contributed by atoms with E-state index in [0.29, 0.717) is 19.0 Å². The van der Waals surface area contributed by atoms with Crippen molar-refractivity contribution in [3.8, 4) is 0 Å². The van der Waals surface area contributed by atoms with E-state index >= 15 is 0 Å². The second-order valence-electron chi connectivity index (χ2n) is 6.66. The molecule has 0 saturated carbocycles. The number of likely N-dealkylation sites (tertiary alicyclic amines) is 1. The van der Waals surface area contributed by atoms with Gasteiger partial charge in [0.15, 0.2) is 0 Å². The van der Waals surface area contributed by atoms with Crippen LogP contribution in [0.3, 0.4) is 0 Å². The molecular formula is C15H27N3O3. The Morgan fingerprint density at radius 3 is 2.33 bits per heavy atom. The second kappa shape index (κ2) is 7.11. The van der Waals surface area contributed by atoms with Gasteiger partial charge >= 0.3 is 12.0 Å². The van der Waals surface area contributed by atoms with Crippen LogP contribution in [0, 0.1) is 11.8 Å². The number of amides is 2. The quantitative estimate of drug-likeness (QED) is 0.846. The van der Waals surface area contributed by atoms with Gasteiger partial charge in [-0.1, -0.05) is 13.8 Å². The number of hydrogen-bond acceptors (Lipinski definition) is 3. The normalized spacial score (nSPS) is 23.9.